The number of nitrogen functional groups attached to an aromatic ring is 1. The molecule has 0 fully saturated rings. The SMILES string of the molecule is Nc1ncc(NC(=O)C(=O)N(Cc2ccccc2)Cc2cccc(C(F)(F)F)n2)c2[nH]ncc12. The maximum absolute atomic E-state index is 13.1. The van der Waals surface area contributed by atoms with Gasteiger partial charge in [-0.25, -0.2) is 9.97 Å². The highest BCUT2D eigenvalue weighted by atomic mass is 19.4. The number of halogens is 3. The average molecular weight is 469 g/mol. The maximum atomic E-state index is 13.1. The van der Waals surface area contributed by atoms with E-state index >= 15 is 0 Å². The number of nitrogens with zero attached hydrogens (tertiary/aromatic N) is 4. The van der Waals surface area contributed by atoms with E-state index in [1.165, 1.54) is 24.5 Å². The summed E-state index contributed by atoms with van der Waals surface area (Å²) < 4.78 is 39.2. The number of fused-ring (bicyclic) bond motifs is 1. The number of nitrogens with one attached hydrogen (secondary N) is 2. The molecule has 12 heteroatoms. The van der Waals surface area contributed by atoms with Crippen molar-refractivity contribution in [2.24, 2.45) is 0 Å². The van der Waals surface area contributed by atoms with Crippen molar-refractivity contribution in [2.45, 2.75) is 19.3 Å². The van der Waals surface area contributed by atoms with Crippen LogP contribution in [0.1, 0.15) is 17.0 Å². The molecule has 9 nitrogen and oxygen atoms in total. The number of carbonyl (C=O) groups excluding carboxylic acids is 2. The van der Waals surface area contributed by atoms with Crippen LogP contribution in [0.5, 0.6) is 0 Å². The quantitative estimate of drug-likeness (QED) is 0.385. The number of pyridine rings is 2. The van der Waals surface area contributed by atoms with Gasteiger partial charge in [0, 0.05) is 6.54 Å². The van der Waals surface area contributed by atoms with Gasteiger partial charge < -0.3 is 16.0 Å². The third-order valence-corrected chi connectivity index (χ3v) is 4.91. The van der Waals surface area contributed by atoms with Crippen LogP contribution in [0.15, 0.2) is 60.9 Å². The van der Waals surface area contributed by atoms with Crippen LogP contribution in [0.25, 0.3) is 10.9 Å². The molecule has 4 rings (SSSR count). The summed E-state index contributed by atoms with van der Waals surface area (Å²) in [6.45, 7) is -0.338. The van der Waals surface area contributed by atoms with Gasteiger partial charge in [0.2, 0.25) is 0 Å². The maximum Gasteiger partial charge on any atom is 0.433 e. The number of aromatic nitrogens is 4. The number of rotatable bonds is 5. The average Bonchev–Trinajstić information content (AvgIpc) is 3.31. The van der Waals surface area contributed by atoms with E-state index in [1.54, 1.807) is 30.3 Å². The zero-order valence-electron chi connectivity index (χ0n) is 17.5. The van der Waals surface area contributed by atoms with E-state index in [4.69, 9.17) is 5.73 Å². The fourth-order valence-electron chi connectivity index (χ4n) is 3.29. The van der Waals surface area contributed by atoms with E-state index < -0.39 is 23.7 Å². The van der Waals surface area contributed by atoms with E-state index in [-0.39, 0.29) is 30.3 Å². The summed E-state index contributed by atoms with van der Waals surface area (Å²) >= 11 is 0. The number of hydrogen-bond acceptors (Lipinski definition) is 6. The zero-order valence-corrected chi connectivity index (χ0v) is 17.5. The molecule has 0 aliphatic heterocycles. The van der Waals surface area contributed by atoms with Gasteiger partial charge in [-0.15, -0.1) is 0 Å². The minimum absolute atomic E-state index is 0.0167. The second-order valence-corrected chi connectivity index (χ2v) is 7.33. The summed E-state index contributed by atoms with van der Waals surface area (Å²) in [6, 6.07) is 12.1. The van der Waals surface area contributed by atoms with Gasteiger partial charge in [-0.3, -0.25) is 14.7 Å². The smallest absolute Gasteiger partial charge is 0.383 e. The number of nitrogens with two attached hydrogens (primary N) is 1. The highest BCUT2D eigenvalue weighted by Crippen LogP contribution is 2.28. The number of anilines is 2. The van der Waals surface area contributed by atoms with E-state index in [9.17, 15) is 22.8 Å². The van der Waals surface area contributed by atoms with Crippen molar-refractivity contribution in [1.82, 2.24) is 25.1 Å². The number of benzene rings is 1. The first-order valence-electron chi connectivity index (χ1n) is 9.97. The predicted octanol–water partition coefficient (Wildman–Crippen LogP) is 3.12. The summed E-state index contributed by atoms with van der Waals surface area (Å²) in [5, 5.41) is 9.46. The lowest BCUT2D eigenvalue weighted by Gasteiger charge is -2.22. The van der Waals surface area contributed by atoms with Crippen LogP contribution < -0.4 is 11.1 Å². The van der Waals surface area contributed by atoms with Crippen molar-refractivity contribution in [3.63, 3.8) is 0 Å². The molecule has 4 N–H and O–H groups in total. The lowest BCUT2D eigenvalue weighted by Crippen LogP contribution is -2.39. The first kappa shape index (κ1) is 22.7. The van der Waals surface area contributed by atoms with Crippen LogP contribution in [0.4, 0.5) is 24.7 Å². The van der Waals surface area contributed by atoms with Crippen molar-refractivity contribution in [1.29, 1.82) is 0 Å². The van der Waals surface area contributed by atoms with Crippen LogP contribution in [0.3, 0.4) is 0 Å². The summed E-state index contributed by atoms with van der Waals surface area (Å²) in [7, 11) is 0. The van der Waals surface area contributed by atoms with Crippen LogP contribution in [-0.2, 0) is 28.9 Å². The van der Waals surface area contributed by atoms with Crippen LogP contribution in [0.2, 0.25) is 0 Å². The molecule has 1 aromatic carbocycles. The zero-order chi connectivity index (χ0) is 24.3. The Morgan fingerprint density at radius 3 is 2.53 bits per heavy atom. The number of alkyl halides is 3. The highest BCUT2D eigenvalue weighted by molar-refractivity contribution is 6.40. The molecule has 174 valence electrons. The van der Waals surface area contributed by atoms with E-state index in [0.717, 1.165) is 11.0 Å². The molecule has 0 radical (unpaired) electrons. The van der Waals surface area contributed by atoms with E-state index in [2.05, 4.69) is 25.5 Å². The molecule has 0 unspecified atom stereocenters. The van der Waals surface area contributed by atoms with Gasteiger partial charge in [0.05, 0.1) is 41.2 Å². The molecular weight excluding hydrogens is 451 g/mol. The fourth-order valence-corrected chi connectivity index (χ4v) is 3.29. The molecule has 0 spiro atoms. The van der Waals surface area contributed by atoms with Gasteiger partial charge in [0.15, 0.2) is 0 Å². The van der Waals surface area contributed by atoms with Crippen molar-refractivity contribution in [3.8, 4) is 0 Å². The lowest BCUT2D eigenvalue weighted by atomic mass is 10.2. The Morgan fingerprint density at radius 1 is 1.03 bits per heavy atom. The van der Waals surface area contributed by atoms with Gasteiger partial charge in [0.25, 0.3) is 0 Å². The van der Waals surface area contributed by atoms with Gasteiger partial charge in [-0.1, -0.05) is 36.4 Å². The molecule has 0 atom stereocenters. The molecule has 34 heavy (non-hydrogen) atoms. The standard InChI is InChI=1S/C22H18F3N7O2/c23-22(24,25)17-8-4-7-14(29-17)12-32(11-13-5-2-1-3-6-13)21(34)20(33)30-16-10-27-19(26)15-9-28-31-18(15)16/h1-10H,11-12H2,(H2,26,27)(H,28,31)(H,30,33). The number of H-pyrrole nitrogens is 1. The summed E-state index contributed by atoms with van der Waals surface area (Å²) in [6.07, 6.45) is -1.94. The van der Waals surface area contributed by atoms with Gasteiger partial charge in [0.1, 0.15) is 11.5 Å². The third kappa shape index (κ3) is 4.95. The molecule has 3 heterocycles. The summed E-state index contributed by atoms with van der Waals surface area (Å²) in [5.74, 6) is -1.78. The van der Waals surface area contributed by atoms with E-state index in [1.807, 2.05) is 0 Å². The third-order valence-electron chi connectivity index (χ3n) is 4.91. The first-order valence-corrected chi connectivity index (χ1v) is 9.97. The normalized spacial score (nSPS) is 11.4. The Hall–Kier alpha value is -4.48. The van der Waals surface area contributed by atoms with Crippen molar-refractivity contribution in [3.05, 3.63) is 77.9 Å². The Kier molecular flexibility index (Phi) is 6.13. The number of amides is 2. The van der Waals surface area contributed by atoms with E-state index in [0.29, 0.717) is 16.5 Å². The van der Waals surface area contributed by atoms with Crippen LogP contribution in [0, 0.1) is 0 Å². The minimum Gasteiger partial charge on any atom is -0.383 e. The molecule has 0 bridgehead atoms. The first-order chi connectivity index (χ1) is 16.2. The van der Waals surface area contributed by atoms with Gasteiger partial charge in [-0.05, 0) is 17.7 Å². The number of hydrogen-bond donors (Lipinski definition) is 3. The molecule has 0 aliphatic rings. The van der Waals surface area contributed by atoms with Crippen molar-refractivity contribution >= 4 is 34.2 Å². The molecular formula is C22H18F3N7O2. The second-order valence-electron chi connectivity index (χ2n) is 7.33. The molecule has 4 aromatic rings. The van der Waals surface area contributed by atoms with Crippen LogP contribution >= 0.6 is 0 Å². The number of carbonyl (C=O) groups is 2. The molecule has 2 amide bonds. The predicted molar refractivity (Wildman–Crippen MR) is 117 cm³/mol. The second kappa shape index (κ2) is 9.17. The number of aromatic amines is 1. The molecule has 3 aromatic heterocycles. The monoisotopic (exact) mass is 469 g/mol. The Morgan fingerprint density at radius 2 is 1.79 bits per heavy atom. The van der Waals surface area contributed by atoms with Crippen molar-refractivity contribution in [2.75, 3.05) is 11.1 Å². The minimum atomic E-state index is -4.64. The Balaban J connectivity index is 1.60. The van der Waals surface area contributed by atoms with Gasteiger partial charge in [-0.2, -0.15) is 18.3 Å². The topological polar surface area (TPSA) is 130 Å². The highest BCUT2D eigenvalue weighted by Gasteiger charge is 2.33. The Bertz CT molecular complexity index is 1340. The molecule has 0 aliphatic carbocycles. The fraction of sp³-hybridized carbons (Fsp3) is 0.136. The molecule has 0 saturated carbocycles. The molecule has 0 saturated heterocycles. The Labute approximate surface area is 190 Å². The van der Waals surface area contributed by atoms with Gasteiger partial charge >= 0.3 is 18.0 Å². The summed E-state index contributed by atoms with van der Waals surface area (Å²) in [5.41, 5.74) is 5.91. The van der Waals surface area contributed by atoms with Crippen molar-refractivity contribution < 1.29 is 22.8 Å². The van der Waals surface area contributed by atoms with Crippen LogP contribution in [-0.4, -0.2) is 36.9 Å². The summed E-state index contributed by atoms with van der Waals surface area (Å²) in [4.78, 5) is 34.6. The lowest BCUT2D eigenvalue weighted by molar-refractivity contribution is -0.144. The largest absolute Gasteiger partial charge is 0.433 e.